The quantitative estimate of drug-likeness (QED) is 0.200. The first-order chi connectivity index (χ1) is 21.5. The van der Waals surface area contributed by atoms with E-state index >= 15 is 0 Å². The van der Waals surface area contributed by atoms with E-state index < -0.39 is 0 Å². The highest BCUT2D eigenvalue weighted by Gasteiger charge is 2.37. The summed E-state index contributed by atoms with van der Waals surface area (Å²) in [6, 6.07) is 26.8. The highest BCUT2D eigenvalue weighted by Crippen LogP contribution is 2.54. The zero-order valence-electron chi connectivity index (χ0n) is 26.6. The van der Waals surface area contributed by atoms with E-state index in [1.54, 1.807) is 23.5 Å². The van der Waals surface area contributed by atoms with E-state index in [1.165, 1.54) is 44.2 Å². The molecule has 0 bridgehead atoms. The van der Waals surface area contributed by atoms with Crippen LogP contribution in [0.4, 0.5) is 0 Å². The highest BCUT2D eigenvalue weighted by molar-refractivity contribution is 8.15. The first kappa shape index (κ1) is 28.7. The summed E-state index contributed by atoms with van der Waals surface area (Å²) in [5, 5.41) is 4.62. The van der Waals surface area contributed by atoms with Crippen molar-refractivity contribution in [3.8, 4) is 33.4 Å². The molecule has 0 unspecified atom stereocenters. The van der Waals surface area contributed by atoms with Crippen LogP contribution in [-0.2, 0) is 5.41 Å². The molecule has 224 valence electrons. The molecule has 45 heavy (non-hydrogen) atoms. The lowest BCUT2D eigenvalue weighted by molar-refractivity contribution is 0.604. The molecule has 1 aliphatic carbocycles. The van der Waals surface area contributed by atoms with Crippen molar-refractivity contribution in [2.24, 2.45) is 9.98 Å². The van der Waals surface area contributed by atoms with Gasteiger partial charge < -0.3 is 0 Å². The smallest absolute Gasteiger partial charge is 0.117 e. The summed E-state index contributed by atoms with van der Waals surface area (Å²) in [5.74, 6) is 1.99. The molecule has 0 spiro atoms. The van der Waals surface area contributed by atoms with Crippen LogP contribution >= 0.6 is 23.5 Å². The molecule has 3 aliphatic rings. The van der Waals surface area contributed by atoms with Gasteiger partial charge in [-0.05, 0) is 96.1 Å². The number of nitrogens with zero attached hydrogens (tertiary/aromatic N) is 4. The maximum Gasteiger partial charge on any atom is 0.117 e. The molecule has 4 heterocycles. The number of hydrogen-bond acceptors (Lipinski definition) is 6. The van der Waals surface area contributed by atoms with Crippen molar-refractivity contribution in [3.05, 3.63) is 108 Å². The van der Waals surface area contributed by atoms with Crippen LogP contribution in [0, 0.1) is 0 Å². The van der Waals surface area contributed by atoms with Gasteiger partial charge in [0.05, 0.1) is 22.5 Å². The van der Waals surface area contributed by atoms with Crippen LogP contribution in [0.15, 0.2) is 95.2 Å². The number of fused-ring (bicyclic) bond motifs is 5. The Kier molecular flexibility index (Phi) is 6.47. The molecule has 0 fully saturated rings. The molecular weight excluding hydrogens is 589 g/mol. The fourth-order valence-corrected chi connectivity index (χ4v) is 9.07. The van der Waals surface area contributed by atoms with Crippen LogP contribution in [0.25, 0.3) is 44.2 Å². The van der Waals surface area contributed by atoms with Crippen LogP contribution in [0.2, 0.25) is 0 Å². The molecule has 2 aliphatic heterocycles. The zero-order chi connectivity index (χ0) is 31.1. The summed E-state index contributed by atoms with van der Waals surface area (Å²) >= 11 is 3.60. The van der Waals surface area contributed by atoms with Gasteiger partial charge in [0.25, 0.3) is 0 Å². The lowest BCUT2D eigenvalue weighted by Gasteiger charge is -2.23. The summed E-state index contributed by atoms with van der Waals surface area (Å²) in [4.78, 5) is 19.5. The highest BCUT2D eigenvalue weighted by atomic mass is 32.2. The van der Waals surface area contributed by atoms with Gasteiger partial charge in [0.1, 0.15) is 10.1 Å². The predicted molar refractivity (Wildman–Crippen MR) is 194 cm³/mol. The lowest BCUT2D eigenvalue weighted by Crippen LogP contribution is -2.15. The SMILES string of the molecule is CC1(C)CSC(c2ccc(-c3ccc4c(c3)C(C)(C)c3cc(-c5ccc(C6=NC(C)(C)CS6)nc5)c5ccccc5c3-4)cn2)=N1. The summed E-state index contributed by atoms with van der Waals surface area (Å²) in [6.45, 7) is 13.4. The van der Waals surface area contributed by atoms with Gasteiger partial charge in [0.2, 0.25) is 0 Å². The largest absolute Gasteiger partial charge is 0.269 e. The number of aliphatic imine (C=N–C) groups is 2. The van der Waals surface area contributed by atoms with Crippen molar-refractivity contribution in [2.45, 2.75) is 58.0 Å². The molecule has 0 saturated heterocycles. The molecule has 0 amide bonds. The maximum atomic E-state index is 4.90. The van der Waals surface area contributed by atoms with Crippen molar-refractivity contribution in [1.82, 2.24) is 9.97 Å². The molecule has 2 aromatic heterocycles. The number of thioether (sulfide) groups is 2. The van der Waals surface area contributed by atoms with E-state index in [2.05, 4.69) is 114 Å². The predicted octanol–water partition coefficient (Wildman–Crippen LogP) is 9.81. The van der Waals surface area contributed by atoms with Gasteiger partial charge >= 0.3 is 0 Å². The van der Waals surface area contributed by atoms with Gasteiger partial charge in [0.15, 0.2) is 0 Å². The Morgan fingerprint density at radius 3 is 1.69 bits per heavy atom. The Labute approximate surface area is 273 Å². The van der Waals surface area contributed by atoms with Crippen LogP contribution in [0.1, 0.15) is 64.1 Å². The summed E-state index contributed by atoms with van der Waals surface area (Å²) in [7, 11) is 0. The van der Waals surface area contributed by atoms with Crippen molar-refractivity contribution in [1.29, 1.82) is 0 Å². The number of hydrogen-bond donors (Lipinski definition) is 0. The van der Waals surface area contributed by atoms with Gasteiger partial charge in [-0.1, -0.05) is 62.4 Å². The summed E-state index contributed by atoms with van der Waals surface area (Å²) in [5.41, 5.74) is 11.8. The van der Waals surface area contributed by atoms with Crippen LogP contribution in [0.5, 0.6) is 0 Å². The second-order valence-corrected chi connectivity index (χ2v) is 16.1. The van der Waals surface area contributed by atoms with Crippen LogP contribution in [-0.4, -0.2) is 42.6 Å². The Hall–Kier alpha value is -3.74. The van der Waals surface area contributed by atoms with E-state index in [4.69, 9.17) is 20.0 Å². The Morgan fingerprint density at radius 1 is 0.556 bits per heavy atom. The monoisotopic (exact) mass is 624 g/mol. The topological polar surface area (TPSA) is 50.5 Å². The Bertz CT molecular complexity index is 2070. The number of rotatable bonds is 4. The molecular formula is C39H36N4S2. The second kappa shape index (κ2) is 10.1. The molecule has 0 radical (unpaired) electrons. The van der Waals surface area contributed by atoms with Gasteiger partial charge in [-0.3, -0.25) is 20.0 Å². The van der Waals surface area contributed by atoms with Crippen LogP contribution < -0.4 is 0 Å². The molecule has 6 heteroatoms. The third kappa shape index (κ3) is 4.85. The van der Waals surface area contributed by atoms with Crippen LogP contribution in [0.3, 0.4) is 0 Å². The maximum absolute atomic E-state index is 4.90. The van der Waals surface area contributed by atoms with E-state index in [-0.39, 0.29) is 16.5 Å². The molecule has 3 aromatic carbocycles. The first-order valence-electron chi connectivity index (χ1n) is 15.6. The molecule has 5 aromatic rings. The molecule has 4 nitrogen and oxygen atoms in total. The van der Waals surface area contributed by atoms with Gasteiger partial charge in [-0.2, -0.15) is 0 Å². The third-order valence-electron chi connectivity index (χ3n) is 9.22. The minimum Gasteiger partial charge on any atom is -0.269 e. The fourth-order valence-electron chi connectivity index (χ4n) is 6.80. The van der Waals surface area contributed by atoms with Gasteiger partial charge in [0, 0.05) is 40.4 Å². The van der Waals surface area contributed by atoms with E-state index in [1.807, 2.05) is 12.4 Å². The van der Waals surface area contributed by atoms with Gasteiger partial charge in [-0.15, -0.1) is 23.5 Å². The van der Waals surface area contributed by atoms with Crippen molar-refractivity contribution in [2.75, 3.05) is 11.5 Å². The van der Waals surface area contributed by atoms with E-state index in [9.17, 15) is 0 Å². The number of pyridine rings is 2. The number of aromatic nitrogens is 2. The molecule has 0 N–H and O–H groups in total. The minimum atomic E-state index is -0.165. The lowest BCUT2D eigenvalue weighted by atomic mass is 9.80. The van der Waals surface area contributed by atoms with Crippen molar-refractivity contribution in [3.63, 3.8) is 0 Å². The normalized spacial score (nSPS) is 18.9. The van der Waals surface area contributed by atoms with E-state index in [0.717, 1.165) is 44.1 Å². The average Bonchev–Trinajstić information content (AvgIpc) is 3.67. The Morgan fingerprint density at radius 2 is 1.13 bits per heavy atom. The zero-order valence-corrected chi connectivity index (χ0v) is 28.2. The van der Waals surface area contributed by atoms with Gasteiger partial charge in [-0.25, -0.2) is 0 Å². The molecule has 0 saturated carbocycles. The summed E-state index contributed by atoms with van der Waals surface area (Å²) in [6.07, 6.45) is 4.03. The van der Waals surface area contributed by atoms with E-state index in [0.29, 0.717) is 0 Å². The summed E-state index contributed by atoms with van der Waals surface area (Å²) < 4.78 is 0. The number of benzene rings is 3. The standard InChI is InChI=1S/C39H36N4S2/c1-37(2)21-44-35(42-37)32-15-12-24(19-40-32)23-11-14-28-30(17-23)39(5,6)31-18-29(26-9-7-8-10-27(26)34(28)31)25-13-16-33(41-20-25)36-43-38(3,4)22-45-36/h7-20H,21-22H2,1-6H3. The second-order valence-electron chi connectivity index (χ2n) is 14.2. The third-order valence-corrected chi connectivity index (χ3v) is 12.1. The van der Waals surface area contributed by atoms with Crippen molar-refractivity contribution >= 4 is 44.4 Å². The first-order valence-corrected chi connectivity index (χ1v) is 17.6. The minimum absolute atomic E-state index is 0.0215. The Balaban J connectivity index is 1.19. The fraction of sp³-hybridized carbons (Fsp3) is 0.282. The average molecular weight is 625 g/mol. The molecule has 0 atom stereocenters. The molecule has 8 rings (SSSR count). The van der Waals surface area contributed by atoms with Crippen molar-refractivity contribution < 1.29 is 0 Å².